The summed E-state index contributed by atoms with van der Waals surface area (Å²) >= 11 is 0. The Morgan fingerprint density at radius 1 is 0.737 bits per heavy atom. The summed E-state index contributed by atoms with van der Waals surface area (Å²) in [5.74, 6) is 1.35. The molecule has 0 aromatic heterocycles. The molecule has 38 heavy (non-hydrogen) atoms. The number of phenolic OH excluding ortho intramolecular Hbond substituents is 1. The van der Waals surface area contributed by atoms with Crippen molar-refractivity contribution >= 4 is 5.97 Å². The lowest BCUT2D eigenvalue weighted by Gasteiger charge is -2.39. The van der Waals surface area contributed by atoms with Crippen molar-refractivity contribution < 1.29 is 14.6 Å². The number of esters is 1. The van der Waals surface area contributed by atoms with E-state index < -0.39 is 0 Å². The van der Waals surface area contributed by atoms with Crippen molar-refractivity contribution in [3.8, 4) is 5.75 Å². The van der Waals surface area contributed by atoms with Crippen LogP contribution in [0.3, 0.4) is 0 Å². The molecule has 0 fully saturated rings. The monoisotopic (exact) mass is 530 g/mol. The minimum absolute atomic E-state index is 0.126. The van der Waals surface area contributed by atoms with Crippen LogP contribution in [0.25, 0.3) is 0 Å². The highest BCUT2D eigenvalue weighted by molar-refractivity contribution is 5.69. The van der Waals surface area contributed by atoms with Crippen LogP contribution in [-0.4, -0.2) is 17.7 Å². The Bertz CT molecular complexity index is 723. The van der Waals surface area contributed by atoms with Crippen molar-refractivity contribution in [1.82, 2.24) is 0 Å². The fourth-order valence-corrected chi connectivity index (χ4v) is 5.50. The maximum absolute atomic E-state index is 12.4. The van der Waals surface area contributed by atoms with Gasteiger partial charge in [-0.1, -0.05) is 131 Å². The fourth-order valence-electron chi connectivity index (χ4n) is 5.50. The van der Waals surface area contributed by atoms with Crippen LogP contribution in [0.15, 0.2) is 24.3 Å². The molecule has 0 heterocycles. The quantitative estimate of drug-likeness (QED) is 0.135. The molecule has 0 amide bonds. The first-order chi connectivity index (χ1) is 17.9. The number of hydrogen-bond acceptors (Lipinski definition) is 3. The molecule has 220 valence electrons. The van der Waals surface area contributed by atoms with Gasteiger partial charge in [-0.25, -0.2) is 0 Å². The maximum Gasteiger partial charge on any atom is 0.306 e. The normalized spacial score (nSPS) is 13.9. The highest BCUT2D eigenvalue weighted by atomic mass is 16.5. The largest absolute Gasteiger partial charge is 0.508 e. The highest BCUT2D eigenvalue weighted by Crippen LogP contribution is 2.41. The molecule has 0 aliphatic rings. The van der Waals surface area contributed by atoms with Crippen LogP contribution >= 0.6 is 0 Å². The van der Waals surface area contributed by atoms with Gasteiger partial charge in [0.15, 0.2) is 0 Å². The highest BCUT2D eigenvalue weighted by Gasteiger charge is 2.32. The molecule has 0 spiro atoms. The Hall–Kier alpha value is -1.51. The minimum Gasteiger partial charge on any atom is -0.508 e. The molecule has 2 unspecified atom stereocenters. The number of aryl methyl sites for hydroxylation is 1. The molecule has 1 N–H and O–H groups in total. The van der Waals surface area contributed by atoms with Gasteiger partial charge in [0.1, 0.15) is 5.75 Å². The van der Waals surface area contributed by atoms with Crippen LogP contribution in [0.1, 0.15) is 150 Å². The second kappa shape index (κ2) is 18.7. The molecule has 0 aliphatic carbocycles. The summed E-state index contributed by atoms with van der Waals surface area (Å²) in [7, 11) is 0. The third kappa shape index (κ3) is 16.5. The second-order valence-corrected chi connectivity index (χ2v) is 13.9. The SMILES string of the molecule is CCCCCCCCCCCCCC(CC(CCOC(=O)CCc1ccc(O)cc1)C(C)(C)C)C(C)(C)C. The van der Waals surface area contributed by atoms with E-state index in [-0.39, 0.29) is 17.1 Å². The molecule has 0 radical (unpaired) electrons. The van der Waals surface area contributed by atoms with Gasteiger partial charge in [-0.05, 0) is 66.0 Å². The molecule has 1 rings (SSSR count). The van der Waals surface area contributed by atoms with Crippen LogP contribution in [0.2, 0.25) is 0 Å². The standard InChI is InChI=1S/C35H62O3/c1-8-9-10-11-12-13-14-15-16-17-18-19-30(34(2,3)4)28-31(35(5,6)7)26-27-38-33(37)25-22-29-20-23-32(36)24-21-29/h20-21,23-24,30-31,36H,8-19,22,25-28H2,1-7H3. The zero-order valence-corrected chi connectivity index (χ0v) is 26.2. The Balaban J connectivity index is 2.39. The van der Waals surface area contributed by atoms with E-state index in [2.05, 4.69) is 48.5 Å². The number of carbonyl (C=O) groups is 1. The van der Waals surface area contributed by atoms with Gasteiger partial charge in [-0.2, -0.15) is 0 Å². The third-order valence-corrected chi connectivity index (χ3v) is 8.46. The van der Waals surface area contributed by atoms with E-state index in [1.165, 1.54) is 83.5 Å². The number of aromatic hydroxyl groups is 1. The number of ether oxygens (including phenoxy) is 1. The summed E-state index contributed by atoms with van der Waals surface area (Å²) in [6.07, 6.45) is 19.8. The van der Waals surface area contributed by atoms with Gasteiger partial charge in [0, 0.05) is 6.42 Å². The lowest BCUT2D eigenvalue weighted by Crippen LogP contribution is -2.30. The molecule has 0 saturated heterocycles. The molecular formula is C35H62O3. The molecular weight excluding hydrogens is 468 g/mol. The summed E-state index contributed by atoms with van der Waals surface area (Å²) in [5.41, 5.74) is 1.53. The van der Waals surface area contributed by atoms with Gasteiger partial charge in [0.05, 0.1) is 6.61 Å². The number of phenols is 1. The summed E-state index contributed by atoms with van der Waals surface area (Å²) in [6, 6.07) is 7.05. The number of rotatable bonds is 20. The van der Waals surface area contributed by atoms with Crippen molar-refractivity contribution in [1.29, 1.82) is 0 Å². The van der Waals surface area contributed by atoms with Gasteiger partial charge in [0.2, 0.25) is 0 Å². The molecule has 3 nitrogen and oxygen atoms in total. The molecule has 1 aromatic rings. The van der Waals surface area contributed by atoms with Gasteiger partial charge >= 0.3 is 5.97 Å². The summed E-state index contributed by atoms with van der Waals surface area (Å²) in [6.45, 7) is 17.0. The zero-order valence-electron chi connectivity index (χ0n) is 26.2. The van der Waals surface area contributed by atoms with E-state index in [0.29, 0.717) is 36.7 Å². The molecule has 2 atom stereocenters. The van der Waals surface area contributed by atoms with E-state index in [1.807, 2.05) is 12.1 Å². The lowest BCUT2D eigenvalue weighted by molar-refractivity contribution is -0.144. The van der Waals surface area contributed by atoms with E-state index in [9.17, 15) is 9.90 Å². The number of unbranched alkanes of at least 4 members (excludes halogenated alkanes) is 10. The average molecular weight is 531 g/mol. The van der Waals surface area contributed by atoms with Gasteiger partial charge < -0.3 is 9.84 Å². The topological polar surface area (TPSA) is 46.5 Å². The Kier molecular flexibility index (Phi) is 17.0. The van der Waals surface area contributed by atoms with Crippen LogP contribution in [-0.2, 0) is 16.0 Å². The molecule has 0 saturated carbocycles. The molecule has 3 heteroatoms. The predicted molar refractivity (Wildman–Crippen MR) is 164 cm³/mol. The smallest absolute Gasteiger partial charge is 0.306 e. The van der Waals surface area contributed by atoms with Crippen molar-refractivity contribution in [2.45, 2.75) is 151 Å². The van der Waals surface area contributed by atoms with Gasteiger partial charge in [-0.15, -0.1) is 0 Å². The van der Waals surface area contributed by atoms with Crippen molar-refractivity contribution in [3.05, 3.63) is 29.8 Å². The number of hydrogen-bond donors (Lipinski definition) is 1. The average Bonchev–Trinajstić information content (AvgIpc) is 2.83. The first kappa shape index (κ1) is 34.5. The number of carbonyl (C=O) groups excluding carboxylic acids is 1. The lowest BCUT2D eigenvalue weighted by atomic mass is 9.67. The minimum atomic E-state index is -0.126. The van der Waals surface area contributed by atoms with Crippen LogP contribution in [0.5, 0.6) is 5.75 Å². The first-order valence-electron chi connectivity index (χ1n) is 15.9. The van der Waals surface area contributed by atoms with E-state index in [0.717, 1.165) is 12.0 Å². The van der Waals surface area contributed by atoms with E-state index in [4.69, 9.17) is 4.74 Å². The van der Waals surface area contributed by atoms with Gasteiger partial charge in [-0.3, -0.25) is 4.79 Å². The Morgan fingerprint density at radius 3 is 1.71 bits per heavy atom. The first-order valence-corrected chi connectivity index (χ1v) is 15.9. The maximum atomic E-state index is 12.4. The zero-order chi connectivity index (χ0) is 28.4. The number of benzene rings is 1. The van der Waals surface area contributed by atoms with E-state index >= 15 is 0 Å². The van der Waals surface area contributed by atoms with Crippen molar-refractivity contribution in [3.63, 3.8) is 0 Å². The molecule has 1 aromatic carbocycles. The summed E-state index contributed by atoms with van der Waals surface area (Å²) in [5, 5.41) is 9.42. The second-order valence-electron chi connectivity index (χ2n) is 13.9. The summed E-state index contributed by atoms with van der Waals surface area (Å²) in [4.78, 5) is 12.4. The van der Waals surface area contributed by atoms with Crippen molar-refractivity contribution in [2.75, 3.05) is 6.61 Å². The fraction of sp³-hybridized carbons (Fsp3) is 0.800. The van der Waals surface area contributed by atoms with Crippen molar-refractivity contribution in [2.24, 2.45) is 22.7 Å². The Labute approximate surface area is 236 Å². The van der Waals surface area contributed by atoms with Gasteiger partial charge in [0.25, 0.3) is 0 Å². The van der Waals surface area contributed by atoms with E-state index in [1.54, 1.807) is 12.1 Å². The summed E-state index contributed by atoms with van der Waals surface area (Å²) < 4.78 is 5.66. The van der Waals surface area contributed by atoms with Crippen LogP contribution in [0, 0.1) is 22.7 Å². The third-order valence-electron chi connectivity index (χ3n) is 8.46. The Morgan fingerprint density at radius 2 is 1.21 bits per heavy atom. The van der Waals surface area contributed by atoms with Crippen LogP contribution < -0.4 is 0 Å². The molecule has 0 bridgehead atoms. The van der Waals surface area contributed by atoms with Crippen LogP contribution in [0.4, 0.5) is 0 Å². The predicted octanol–water partition coefficient (Wildman–Crippen LogP) is 10.7. The molecule has 0 aliphatic heterocycles.